The van der Waals surface area contributed by atoms with Gasteiger partial charge in [0.05, 0.1) is 16.3 Å². The van der Waals surface area contributed by atoms with Crippen LogP contribution in [0.5, 0.6) is 0 Å². The van der Waals surface area contributed by atoms with Gasteiger partial charge in [0, 0.05) is 5.56 Å². The Labute approximate surface area is 130 Å². The Morgan fingerprint density at radius 3 is 2.67 bits per heavy atom. The Kier molecular flexibility index (Phi) is 3.57. The molecule has 2 aromatic rings. The molecule has 1 amide bonds. The largest absolute Gasteiger partial charge is 0.378 e. The topological polar surface area (TPSA) is 73.3 Å². The molecule has 5 nitrogen and oxygen atoms in total. The van der Waals surface area contributed by atoms with Crippen molar-refractivity contribution in [2.75, 3.05) is 0 Å². The number of thioether (sulfide) groups is 1. The highest BCUT2D eigenvalue weighted by molar-refractivity contribution is 8.18. The molecule has 0 saturated carbocycles. The number of hydrogen-bond donors (Lipinski definition) is 1. The van der Waals surface area contributed by atoms with Crippen LogP contribution in [0.1, 0.15) is 11.3 Å². The molecule has 21 heavy (non-hydrogen) atoms. The van der Waals surface area contributed by atoms with Crippen LogP contribution in [0.2, 0.25) is 5.15 Å². The van der Waals surface area contributed by atoms with Crippen molar-refractivity contribution in [1.82, 2.24) is 9.78 Å². The van der Waals surface area contributed by atoms with Crippen molar-refractivity contribution in [3.63, 3.8) is 0 Å². The van der Waals surface area contributed by atoms with Gasteiger partial charge in [0.15, 0.2) is 5.17 Å². The fraction of sp³-hybridized carbons (Fsp3) is 0.0714. The highest BCUT2D eigenvalue weighted by Gasteiger charge is 2.22. The van der Waals surface area contributed by atoms with Crippen LogP contribution in [0.3, 0.4) is 0 Å². The number of aliphatic imine (C=N–C) groups is 1. The van der Waals surface area contributed by atoms with Crippen molar-refractivity contribution in [3.8, 4) is 5.69 Å². The molecule has 1 aliphatic heterocycles. The van der Waals surface area contributed by atoms with Crippen molar-refractivity contribution in [2.45, 2.75) is 6.92 Å². The summed E-state index contributed by atoms with van der Waals surface area (Å²) < 4.78 is 1.64. The second kappa shape index (κ2) is 5.38. The number of hydrogen-bond acceptors (Lipinski definition) is 4. The summed E-state index contributed by atoms with van der Waals surface area (Å²) in [5.74, 6) is -0.347. The first-order valence-electron chi connectivity index (χ1n) is 6.15. The predicted octanol–water partition coefficient (Wildman–Crippen LogP) is 2.76. The number of aromatic nitrogens is 2. The third-order valence-electron chi connectivity index (χ3n) is 2.96. The van der Waals surface area contributed by atoms with Gasteiger partial charge in [-0.25, -0.2) is 4.68 Å². The molecule has 0 bridgehead atoms. The molecule has 0 fully saturated rings. The molecule has 3 rings (SSSR count). The van der Waals surface area contributed by atoms with Gasteiger partial charge in [0.1, 0.15) is 5.15 Å². The number of carbonyl (C=O) groups is 1. The van der Waals surface area contributed by atoms with Gasteiger partial charge in [-0.15, -0.1) is 0 Å². The minimum atomic E-state index is -0.347. The lowest BCUT2D eigenvalue weighted by atomic mass is 10.2. The molecule has 0 atom stereocenters. The highest BCUT2D eigenvalue weighted by atomic mass is 35.5. The Morgan fingerprint density at radius 2 is 2.05 bits per heavy atom. The van der Waals surface area contributed by atoms with Gasteiger partial charge in [0.2, 0.25) is 0 Å². The number of carbonyl (C=O) groups excluding carboxylic acids is 1. The Hall–Kier alpha value is -2.05. The number of rotatable bonds is 2. The second-order valence-corrected chi connectivity index (χ2v) is 5.82. The SMILES string of the molecule is Cc1nn(-c2ccccc2)c(Cl)c1C=C1SC(N)=NC1=O. The summed E-state index contributed by atoms with van der Waals surface area (Å²) in [6.07, 6.45) is 1.68. The first-order valence-corrected chi connectivity index (χ1v) is 7.34. The van der Waals surface area contributed by atoms with Crippen molar-refractivity contribution in [3.05, 3.63) is 51.6 Å². The van der Waals surface area contributed by atoms with Gasteiger partial charge >= 0.3 is 0 Å². The quantitative estimate of drug-likeness (QED) is 0.864. The number of benzene rings is 1. The van der Waals surface area contributed by atoms with E-state index in [1.165, 1.54) is 0 Å². The minimum Gasteiger partial charge on any atom is -0.378 e. The Balaban J connectivity index is 2.04. The number of amides is 1. The Morgan fingerprint density at radius 1 is 1.33 bits per heavy atom. The van der Waals surface area contributed by atoms with E-state index in [2.05, 4.69) is 10.1 Å². The zero-order valence-corrected chi connectivity index (χ0v) is 12.6. The van der Waals surface area contributed by atoms with E-state index in [0.29, 0.717) is 15.6 Å². The fourth-order valence-electron chi connectivity index (χ4n) is 1.97. The molecule has 2 N–H and O–H groups in total. The van der Waals surface area contributed by atoms with E-state index < -0.39 is 0 Å². The Bertz CT molecular complexity index is 780. The number of aryl methyl sites for hydroxylation is 1. The van der Waals surface area contributed by atoms with Crippen LogP contribution in [0.15, 0.2) is 40.2 Å². The summed E-state index contributed by atoms with van der Waals surface area (Å²) in [5.41, 5.74) is 7.82. The number of para-hydroxylation sites is 1. The van der Waals surface area contributed by atoms with E-state index in [-0.39, 0.29) is 11.1 Å². The van der Waals surface area contributed by atoms with E-state index in [4.69, 9.17) is 17.3 Å². The first kappa shape index (κ1) is 13.9. The molecule has 106 valence electrons. The third-order valence-corrected chi connectivity index (χ3v) is 4.14. The summed E-state index contributed by atoms with van der Waals surface area (Å²) in [5, 5.41) is 5.11. The normalized spacial score (nSPS) is 16.6. The smallest absolute Gasteiger partial charge is 0.286 e. The van der Waals surface area contributed by atoms with E-state index >= 15 is 0 Å². The lowest BCUT2D eigenvalue weighted by molar-refractivity contribution is -0.113. The molecule has 0 aliphatic carbocycles. The molecule has 0 radical (unpaired) electrons. The molecule has 1 aromatic heterocycles. The molecule has 0 unspecified atom stereocenters. The number of nitrogens with zero attached hydrogens (tertiary/aromatic N) is 3. The molecule has 2 heterocycles. The van der Waals surface area contributed by atoms with Crippen LogP contribution in [0.25, 0.3) is 11.8 Å². The van der Waals surface area contributed by atoms with E-state index in [9.17, 15) is 4.79 Å². The average Bonchev–Trinajstić information content (AvgIpc) is 2.93. The van der Waals surface area contributed by atoms with Gasteiger partial charge < -0.3 is 5.73 Å². The molecular weight excluding hydrogens is 308 g/mol. The molecule has 1 aromatic carbocycles. The summed E-state index contributed by atoms with van der Waals surface area (Å²) in [7, 11) is 0. The van der Waals surface area contributed by atoms with E-state index in [1.54, 1.807) is 10.8 Å². The maximum absolute atomic E-state index is 11.7. The summed E-state index contributed by atoms with van der Waals surface area (Å²) in [6, 6.07) is 9.56. The lowest BCUT2D eigenvalue weighted by Crippen LogP contribution is -2.01. The molecule has 0 spiro atoms. The maximum Gasteiger partial charge on any atom is 0.286 e. The average molecular weight is 319 g/mol. The summed E-state index contributed by atoms with van der Waals surface area (Å²) in [4.78, 5) is 15.8. The van der Waals surface area contributed by atoms with Gasteiger partial charge in [-0.1, -0.05) is 29.8 Å². The van der Waals surface area contributed by atoms with Gasteiger partial charge in [-0.05, 0) is 36.9 Å². The molecule has 1 aliphatic rings. The summed E-state index contributed by atoms with van der Waals surface area (Å²) in [6.45, 7) is 1.84. The van der Waals surface area contributed by atoms with E-state index in [0.717, 1.165) is 23.1 Å². The van der Waals surface area contributed by atoms with Gasteiger partial charge in [0.25, 0.3) is 5.91 Å². The highest BCUT2D eigenvalue weighted by Crippen LogP contribution is 2.31. The minimum absolute atomic E-state index is 0.246. The predicted molar refractivity (Wildman–Crippen MR) is 85.5 cm³/mol. The van der Waals surface area contributed by atoms with Crippen LogP contribution in [-0.4, -0.2) is 20.9 Å². The van der Waals surface area contributed by atoms with Gasteiger partial charge in [-0.3, -0.25) is 4.79 Å². The first-order chi connectivity index (χ1) is 10.1. The van der Waals surface area contributed by atoms with Crippen molar-refractivity contribution < 1.29 is 4.79 Å². The number of nitrogens with two attached hydrogens (primary N) is 1. The molecule has 7 heteroatoms. The van der Waals surface area contributed by atoms with Crippen molar-refractivity contribution in [1.29, 1.82) is 0 Å². The number of amidine groups is 1. The van der Waals surface area contributed by atoms with Crippen LogP contribution in [-0.2, 0) is 4.79 Å². The summed E-state index contributed by atoms with van der Waals surface area (Å²) >= 11 is 7.53. The lowest BCUT2D eigenvalue weighted by Gasteiger charge is -2.02. The maximum atomic E-state index is 11.7. The monoisotopic (exact) mass is 318 g/mol. The molecule has 0 saturated heterocycles. The standard InChI is InChI=1S/C14H11ClN4OS/c1-8-10(7-11-13(20)17-14(16)21-11)12(15)19(18-8)9-5-3-2-4-6-9/h2-7H,1H3,(H2,16,17,20). The third kappa shape index (κ3) is 2.59. The number of halogens is 1. The van der Waals surface area contributed by atoms with Crippen molar-refractivity contribution in [2.24, 2.45) is 10.7 Å². The van der Waals surface area contributed by atoms with Crippen LogP contribution in [0, 0.1) is 6.92 Å². The molecular formula is C14H11ClN4OS. The zero-order valence-electron chi connectivity index (χ0n) is 11.1. The van der Waals surface area contributed by atoms with Crippen molar-refractivity contribution >= 4 is 40.5 Å². The fourth-order valence-corrected chi connectivity index (χ4v) is 2.96. The van der Waals surface area contributed by atoms with Crippen LogP contribution < -0.4 is 5.73 Å². The van der Waals surface area contributed by atoms with Crippen LogP contribution in [0.4, 0.5) is 0 Å². The van der Waals surface area contributed by atoms with Gasteiger partial charge in [-0.2, -0.15) is 10.1 Å². The zero-order chi connectivity index (χ0) is 15.0. The second-order valence-electron chi connectivity index (χ2n) is 4.40. The van der Waals surface area contributed by atoms with Crippen LogP contribution >= 0.6 is 23.4 Å². The van der Waals surface area contributed by atoms with E-state index in [1.807, 2.05) is 37.3 Å².